The fourth-order valence-corrected chi connectivity index (χ4v) is 73.2. The Kier molecular flexibility index (Phi) is 22.4. The Hall–Kier alpha value is 0.583. The molecule has 6 bridgehead atoms. The van der Waals surface area contributed by atoms with E-state index in [9.17, 15) is 4.80 Å². The van der Waals surface area contributed by atoms with Crippen molar-refractivity contribution in [1.29, 1.82) is 0 Å². The van der Waals surface area contributed by atoms with Crippen LogP contribution in [0.15, 0.2) is 60.7 Å². The quantitative estimate of drug-likeness (QED) is 0.190. The molecule has 4 aliphatic heterocycles. The molecule has 8 aliphatic carbocycles. The number of fused-ring (bicyclic) bond motifs is 4. The van der Waals surface area contributed by atoms with Gasteiger partial charge in [0.2, 0.25) is 0 Å². The summed E-state index contributed by atoms with van der Waals surface area (Å²) >= 11 is 0. The first-order chi connectivity index (χ1) is 40.0. The molecule has 4 heterocycles. The van der Waals surface area contributed by atoms with E-state index in [0.29, 0.717) is 0 Å². The first-order valence-electron chi connectivity index (χ1n) is 34.2. The summed E-state index contributed by atoms with van der Waals surface area (Å²) in [5.74, 6) is 0. The summed E-state index contributed by atoms with van der Waals surface area (Å²) in [4.78, 5) is 13.9. The predicted octanol–water partition coefficient (Wildman–Crippen LogP) is 18.4. The van der Waals surface area contributed by atoms with E-state index < -0.39 is 86.3 Å². The molecule has 2 aromatic rings. The summed E-state index contributed by atoms with van der Waals surface area (Å²) in [6.45, 7) is 27.1. The zero-order chi connectivity index (χ0) is 59.1. The molecule has 85 heavy (non-hydrogen) atoms. The number of benzene rings is 2. The second kappa shape index (κ2) is 27.9. The smallest absolute Gasteiger partial charge is 0.394 e. The molecule has 4 saturated heterocycles. The van der Waals surface area contributed by atoms with Gasteiger partial charge in [0, 0.05) is 54.9 Å². The van der Waals surface area contributed by atoms with Gasteiger partial charge < -0.3 is 50.1 Å². The van der Waals surface area contributed by atoms with Crippen LogP contribution in [0.1, 0.15) is 210 Å². The average molecular weight is 1380 g/mol. The van der Waals surface area contributed by atoms with Gasteiger partial charge in [-0.25, -0.2) is 0 Å². The van der Waals surface area contributed by atoms with Crippen molar-refractivity contribution < 1.29 is 71.8 Å². The molecule has 12 nitrogen and oxygen atoms in total. The van der Waals surface area contributed by atoms with Crippen molar-refractivity contribution in [3.8, 4) is 0 Å². The number of hydrogen-bond acceptors (Lipinski definition) is 12. The molecule has 14 rings (SSSR count). The Morgan fingerprint density at radius 1 is 0.329 bits per heavy atom. The van der Waals surface area contributed by atoms with Crippen molar-refractivity contribution >= 4 is 86.3 Å². The summed E-state index contributed by atoms with van der Waals surface area (Å²) in [6.07, 6.45) is 33.0. The van der Waals surface area contributed by atoms with E-state index in [2.05, 4.69) is 66.2 Å². The topological polar surface area (TPSA) is 122 Å². The van der Waals surface area contributed by atoms with E-state index >= 15 is 0 Å². The first kappa shape index (κ1) is 68.4. The van der Waals surface area contributed by atoms with Crippen molar-refractivity contribution in [2.75, 3.05) is 0 Å². The third kappa shape index (κ3) is 15.2. The van der Waals surface area contributed by atoms with Crippen molar-refractivity contribution in [2.45, 2.75) is 301 Å². The first-order valence-corrected chi connectivity index (χ1v) is 56.8. The Labute approximate surface area is 540 Å². The second-order valence-corrected chi connectivity index (χ2v) is 67.7. The molecule has 12 aliphatic rings. The molecule has 6 atom stereocenters. The third-order valence-corrected chi connectivity index (χ3v) is 65.7. The van der Waals surface area contributed by atoms with E-state index in [1.165, 1.54) is 0 Å². The number of rotatable bonds is 9. The molecule has 6 unspecified atom stereocenters. The van der Waals surface area contributed by atoms with Gasteiger partial charge in [0.05, 0.1) is 0 Å². The van der Waals surface area contributed by atoms with E-state index in [4.69, 9.17) is 45.3 Å². The van der Waals surface area contributed by atoms with E-state index in [-0.39, 0.29) is 60.5 Å². The molecule has 0 spiro atoms. The summed E-state index contributed by atoms with van der Waals surface area (Å²) in [7, 11) is -32.5. The fourth-order valence-electron chi connectivity index (χ4n) is 17.0. The molecule has 0 aromatic heterocycles. The molecule has 2 aromatic carbocycles. The monoisotopic (exact) mass is 1370 g/mol. The fraction of sp³-hybridized carbons (Fsp3) is 0.774. The Morgan fingerprint density at radius 2 is 0.541 bits per heavy atom. The molecular formula is C62H110O12Si10Ti+. The van der Waals surface area contributed by atoms with E-state index in [1.807, 2.05) is 60.7 Å². The van der Waals surface area contributed by atoms with Crippen LogP contribution >= 0.6 is 0 Å². The van der Waals surface area contributed by atoms with Crippen LogP contribution in [0.2, 0.25) is 102 Å². The molecule has 1 radical (unpaired) electrons. The van der Waals surface area contributed by atoms with Crippen molar-refractivity contribution in [2.24, 2.45) is 0 Å². The van der Waals surface area contributed by atoms with Gasteiger partial charge in [-0.3, -0.25) is 0 Å². The normalized spacial score (nSPS) is 38.6. The van der Waals surface area contributed by atoms with Crippen molar-refractivity contribution in [1.82, 2.24) is 0 Å². The third-order valence-electron chi connectivity index (χ3n) is 21.9. The van der Waals surface area contributed by atoms with Gasteiger partial charge in [0.15, 0.2) is 0 Å². The van der Waals surface area contributed by atoms with Crippen molar-refractivity contribution in [3.63, 3.8) is 0 Å². The summed E-state index contributed by atoms with van der Waals surface area (Å²) < 4.78 is 89.6. The van der Waals surface area contributed by atoms with Gasteiger partial charge >= 0.3 is 91.9 Å². The predicted molar refractivity (Wildman–Crippen MR) is 357 cm³/mol. The minimum absolute atomic E-state index is 0. The zero-order valence-electron chi connectivity index (χ0n) is 53.7. The maximum absolute atomic E-state index is 13.9. The summed E-state index contributed by atoms with van der Waals surface area (Å²) in [5, 5.41) is 0. The van der Waals surface area contributed by atoms with Gasteiger partial charge in [-0.05, 0) is 114 Å². The van der Waals surface area contributed by atoms with Crippen molar-refractivity contribution in [3.05, 3.63) is 85.6 Å². The van der Waals surface area contributed by atoms with E-state index in [0.717, 1.165) is 202 Å². The largest absolute Gasteiger partial charge is 3.00 e. The molecule has 8 saturated carbocycles. The van der Waals surface area contributed by atoms with Crippen LogP contribution in [-0.4, -0.2) is 91.1 Å². The summed E-state index contributed by atoms with van der Waals surface area (Å²) in [6, 6.07) is 19.7. The van der Waals surface area contributed by atoms with Gasteiger partial charge in [0.25, 0.3) is 0 Å². The standard InChI is InChI=1S/C37H70O12Si8.C11H26Si2.2C7H7.Ti/c1-50(2)39-52(32-19-5-6-20-32)43-54(34-23-9-10-24-34)41-51(38,31-17-3-4-18-31)42-55(35-25-11-12-26-35)44-53(40-50,33-21-7-8-22-33)46-56(45-52,36-27-13-14-28-36)49-57(47-54,48-55)37-29-15-16-30-37;1-12(2,3)10-7-8-11(9-10)13(4,5)6;2*1-7-5-3-2-4-6-7;/h31-38H,3-30H2,1-2H3;10-11H,7-9H2,1-6H3;2*2-6H,1H2;/q;;2*-1;+3. The Balaban J connectivity index is 0.000000235. The minimum atomic E-state index is -4.18. The molecule has 0 amide bonds. The van der Waals surface area contributed by atoms with Crippen LogP contribution in [0.4, 0.5) is 0 Å². The maximum Gasteiger partial charge on any atom is 3.00 e. The Bertz CT molecular complexity index is 2290. The minimum Gasteiger partial charge on any atom is -0.394 e. The average Bonchev–Trinajstić information content (AvgIpc) is 1.78. The molecule has 12 fully saturated rings. The van der Waals surface area contributed by atoms with Crippen LogP contribution in [0.25, 0.3) is 0 Å². The number of hydrogen-bond donors (Lipinski definition) is 1. The van der Waals surface area contributed by atoms with E-state index in [1.54, 1.807) is 19.3 Å². The molecular weight excluding hydrogens is 1270 g/mol. The van der Waals surface area contributed by atoms with Crippen LogP contribution in [0.3, 0.4) is 0 Å². The van der Waals surface area contributed by atoms with Crippen LogP contribution < -0.4 is 0 Å². The summed E-state index contributed by atoms with van der Waals surface area (Å²) in [5.41, 5.74) is 4.45. The van der Waals surface area contributed by atoms with Gasteiger partial charge in [-0.15, -0.1) is 24.3 Å². The van der Waals surface area contributed by atoms with Gasteiger partial charge in [0.1, 0.15) is 0 Å². The van der Waals surface area contributed by atoms with Gasteiger partial charge in [-0.1, -0.05) is 161 Å². The van der Waals surface area contributed by atoms with Crippen LogP contribution in [0, 0.1) is 13.8 Å². The maximum atomic E-state index is 13.9. The molecule has 23 heteroatoms. The second-order valence-electron chi connectivity index (χ2n) is 30.6. The van der Waals surface area contributed by atoms with Crippen LogP contribution in [-0.2, 0) is 67.0 Å². The Morgan fingerprint density at radius 3 is 0.741 bits per heavy atom. The molecule has 473 valence electrons. The SMILES string of the molecule is C[Si](C)(C)C1CCC([Si](C)(C)C)C1.C[Si]1(C)O[Si]2(C3CCCC3)O[Si]3(C4CCCC4)O[Si](O)(C4CCCC4)O[Si]4(C5CCCC5)O[Si](C5CCCC5)(O1)O[Si](C1CCCC1)(O2)O[Si](C1CCCC1)(O3)O4.[CH2-]c1ccccc1.[CH2-]c1ccccc1.[Ti+3]. The molecule has 1 N–H and O–H groups in total. The zero-order valence-corrected chi connectivity index (χ0v) is 65.3. The van der Waals surface area contributed by atoms with Crippen LogP contribution in [0.5, 0.6) is 0 Å². The van der Waals surface area contributed by atoms with Gasteiger partial charge in [-0.2, -0.15) is 49.2 Å².